The Hall–Kier alpha value is -2.34. The first-order valence-corrected chi connectivity index (χ1v) is 8.65. The largest absolute Gasteiger partial charge is 0.465 e. The van der Waals surface area contributed by atoms with Crippen molar-refractivity contribution >= 4 is 32.8 Å². The molecule has 1 aromatic heterocycles. The number of H-pyrrole nitrogens is 1. The topological polar surface area (TPSA) is 69.2 Å². The Morgan fingerprint density at radius 2 is 2.04 bits per heavy atom. The average Bonchev–Trinajstić information content (AvgIpc) is 3.23. The number of carbonyl (C=O) groups is 1. The third-order valence-electron chi connectivity index (χ3n) is 4.52. The molecule has 1 aliphatic rings. The zero-order valence-corrected chi connectivity index (χ0v) is 14.5. The van der Waals surface area contributed by atoms with Gasteiger partial charge in [0.1, 0.15) is 5.82 Å². The van der Waals surface area contributed by atoms with E-state index in [9.17, 15) is 9.90 Å². The Labute approximate surface area is 147 Å². The summed E-state index contributed by atoms with van der Waals surface area (Å²) >= 11 is 3.49. The summed E-state index contributed by atoms with van der Waals surface area (Å²) in [5.74, 6) is 0.723. The Balaban J connectivity index is 1.67. The van der Waals surface area contributed by atoms with Gasteiger partial charge in [-0.2, -0.15) is 0 Å². The molecule has 122 valence electrons. The Bertz CT molecular complexity index is 922. The lowest BCUT2D eigenvalue weighted by Crippen LogP contribution is -2.29. The summed E-state index contributed by atoms with van der Waals surface area (Å²) in [6.45, 7) is 0.570. The van der Waals surface area contributed by atoms with Crippen molar-refractivity contribution < 1.29 is 9.90 Å². The summed E-state index contributed by atoms with van der Waals surface area (Å²) in [5.41, 5.74) is 1.95. The van der Waals surface area contributed by atoms with Gasteiger partial charge in [-0.3, -0.25) is 4.90 Å². The van der Waals surface area contributed by atoms with Gasteiger partial charge in [0.05, 0.1) is 17.9 Å². The third-order valence-corrected chi connectivity index (χ3v) is 5.02. The normalized spacial score (nSPS) is 17.5. The van der Waals surface area contributed by atoms with Crippen LogP contribution in [0.4, 0.5) is 4.79 Å². The SMILES string of the molecule is O=C(O)N1CCC[C@H]1c1ncc(-c2ccc3cc(Br)ccc3c2)[nH]1. The minimum Gasteiger partial charge on any atom is -0.465 e. The van der Waals surface area contributed by atoms with Crippen LogP contribution in [0, 0.1) is 0 Å². The van der Waals surface area contributed by atoms with E-state index in [0.717, 1.165) is 39.8 Å². The molecular weight excluding hydrogens is 370 g/mol. The molecule has 0 unspecified atom stereocenters. The van der Waals surface area contributed by atoms with Gasteiger partial charge in [0, 0.05) is 16.6 Å². The van der Waals surface area contributed by atoms with E-state index in [2.05, 4.69) is 56.2 Å². The number of aromatic amines is 1. The fraction of sp³-hybridized carbons (Fsp3) is 0.222. The zero-order valence-electron chi connectivity index (χ0n) is 12.9. The first-order valence-electron chi connectivity index (χ1n) is 7.86. The van der Waals surface area contributed by atoms with Gasteiger partial charge in [-0.15, -0.1) is 0 Å². The number of aromatic nitrogens is 2. The van der Waals surface area contributed by atoms with Gasteiger partial charge in [0.25, 0.3) is 0 Å². The molecule has 0 saturated carbocycles. The van der Waals surface area contributed by atoms with Crippen LogP contribution in [0.3, 0.4) is 0 Å². The second-order valence-electron chi connectivity index (χ2n) is 6.02. The minimum absolute atomic E-state index is 0.173. The van der Waals surface area contributed by atoms with Crippen molar-refractivity contribution in [3.8, 4) is 11.3 Å². The van der Waals surface area contributed by atoms with Crippen molar-refractivity contribution in [3.05, 3.63) is 52.9 Å². The van der Waals surface area contributed by atoms with Crippen LogP contribution >= 0.6 is 15.9 Å². The van der Waals surface area contributed by atoms with E-state index < -0.39 is 6.09 Å². The van der Waals surface area contributed by atoms with Crippen molar-refractivity contribution in [2.24, 2.45) is 0 Å². The van der Waals surface area contributed by atoms with Crippen LogP contribution in [0.25, 0.3) is 22.0 Å². The number of likely N-dealkylation sites (tertiary alicyclic amines) is 1. The quantitative estimate of drug-likeness (QED) is 0.664. The number of amides is 1. The second kappa shape index (κ2) is 5.94. The van der Waals surface area contributed by atoms with E-state index in [1.54, 1.807) is 6.20 Å². The summed E-state index contributed by atoms with van der Waals surface area (Å²) in [4.78, 5) is 20.5. The molecule has 0 bridgehead atoms. The fourth-order valence-electron chi connectivity index (χ4n) is 3.32. The van der Waals surface area contributed by atoms with E-state index in [1.165, 1.54) is 10.3 Å². The van der Waals surface area contributed by atoms with Crippen LogP contribution in [-0.4, -0.2) is 32.6 Å². The van der Waals surface area contributed by atoms with Gasteiger partial charge in [-0.25, -0.2) is 9.78 Å². The monoisotopic (exact) mass is 385 g/mol. The predicted molar refractivity (Wildman–Crippen MR) is 95.9 cm³/mol. The number of imidazole rings is 1. The lowest BCUT2D eigenvalue weighted by atomic mass is 10.1. The van der Waals surface area contributed by atoms with Crippen LogP contribution in [0.1, 0.15) is 24.7 Å². The Morgan fingerprint density at radius 1 is 1.25 bits per heavy atom. The van der Waals surface area contributed by atoms with Crippen LogP contribution < -0.4 is 0 Å². The predicted octanol–water partition coefficient (Wildman–Crippen LogP) is 4.81. The molecule has 6 heteroatoms. The number of carboxylic acid groups (broad SMARTS) is 1. The van der Waals surface area contributed by atoms with Gasteiger partial charge < -0.3 is 10.1 Å². The summed E-state index contributed by atoms with van der Waals surface area (Å²) in [5, 5.41) is 11.6. The molecule has 1 fully saturated rings. The zero-order chi connectivity index (χ0) is 16.7. The molecule has 1 aliphatic heterocycles. The maximum Gasteiger partial charge on any atom is 0.407 e. The molecule has 3 aromatic rings. The number of nitrogens with one attached hydrogen (secondary N) is 1. The molecule has 1 saturated heterocycles. The second-order valence-corrected chi connectivity index (χ2v) is 6.94. The number of halogens is 1. The summed E-state index contributed by atoms with van der Waals surface area (Å²) < 4.78 is 1.06. The fourth-order valence-corrected chi connectivity index (χ4v) is 3.70. The van der Waals surface area contributed by atoms with Gasteiger partial charge >= 0.3 is 6.09 Å². The maximum absolute atomic E-state index is 11.3. The van der Waals surface area contributed by atoms with E-state index in [-0.39, 0.29) is 6.04 Å². The molecule has 1 amide bonds. The summed E-state index contributed by atoms with van der Waals surface area (Å²) in [6.07, 6.45) is 2.59. The molecule has 24 heavy (non-hydrogen) atoms. The molecule has 1 atom stereocenters. The third kappa shape index (κ3) is 2.67. The van der Waals surface area contributed by atoms with Crippen molar-refractivity contribution in [3.63, 3.8) is 0 Å². The summed E-state index contributed by atoms with van der Waals surface area (Å²) in [7, 11) is 0. The maximum atomic E-state index is 11.3. The van der Waals surface area contributed by atoms with Crippen LogP contribution in [0.2, 0.25) is 0 Å². The van der Waals surface area contributed by atoms with Gasteiger partial charge in [-0.1, -0.05) is 34.1 Å². The Morgan fingerprint density at radius 3 is 2.88 bits per heavy atom. The van der Waals surface area contributed by atoms with Crippen LogP contribution in [-0.2, 0) is 0 Å². The van der Waals surface area contributed by atoms with Crippen molar-refractivity contribution in [1.82, 2.24) is 14.9 Å². The number of hydrogen-bond acceptors (Lipinski definition) is 2. The van der Waals surface area contributed by atoms with Crippen molar-refractivity contribution in [1.29, 1.82) is 0 Å². The van der Waals surface area contributed by atoms with Gasteiger partial charge in [0.2, 0.25) is 0 Å². The van der Waals surface area contributed by atoms with Crippen molar-refractivity contribution in [2.75, 3.05) is 6.54 Å². The average molecular weight is 386 g/mol. The molecular formula is C18H16BrN3O2. The Kier molecular flexibility index (Phi) is 3.76. The molecule has 2 aromatic carbocycles. The number of fused-ring (bicyclic) bond motifs is 1. The minimum atomic E-state index is -0.883. The lowest BCUT2D eigenvalue weighted by Gasteiger charge is -2.19. The highest BCUT2D eigenvalue weighted by atomic mass is 79.9. The van der Waals surface area contributed by atoms with Gasteiger partial charge in [-0.05, 0) is 41.8 Å². The van der Waals surface area contributed by atoms with E-state index in [1.807, 2.05) is 6.07 Å². The smallest absolute Gasteiger partial charge is 0.407 e. The standard InChI is InChI=1S/C18H16BrN3O2/c19-14-6-5-11-8-13(4-3-12(11)9-14)15-10-20-17(21-15)16-2-1-7-22(16)18(23)24/h3-6,8-10,16H,1-2,7H2,(H,20,21)(H,23,24)/t16-/m0/s1. The molecule has 4 rings (SSSR count). The molecule has 2 heterocycles. The van der Waals surface area contributed by atoms with E-state index >= 15 is 0 Å². The van der Waals surface area contributed by atoms with Crippen molar-refractivity contribution in [2.45, 2.75) is 18.9 Å². The number of benzene rings is 2. The first-order chi connectivity index (χ1) is 11.6. The lowest BCUT2D eigenvalue weighted by molar-refractivity contribution is 0.139. The molecule has 0 aliphatic carbocycles. The molecule has 0 spiro atoms. The number of hydrogen-bond donors (Lipinski definition) is 2. The highest BCUT2D eigenvalue weighted by molar-refractivity contribution is 9.10. The first kappa shape index (κ1) is 15.2. The van der Waals surface area contributed by atoms with Crippen LogP contribution in [0.5, 0.6) is 0 Å². The van der Waals surface area contributed by atoms with Crippen LogP contribution in [0.15, 0.2) is 47.1 Å². The highest BCUT2D eigenvalue weighted by Crippen LogP contribution is 2.32. The number of nitrogens with zero attached hydrogens (tertiary/aromatic N) is 2. The molecule has 2 N–H and O–H groups in total. The summed E-state index contributed by atoms with van der Waals surface area (Å²) in [6, 6.07) is 12.2. The molecule has 5 nitrogen and oxygen atoms in total. The van der Waals surface area contributed by atoms with E-state index in [4.69, 9.17) is 0 Å². The van der Waals surface area contributed by atoms with Gasteiger partial charge in [0.15, 0.2) is 0 Å². The highest BCUT2D eigenvalue weighted by Gasteiger charge is 2.31. The molecule has 0 radical (unpaired) electrons. The number of rotatable bonds is 2. The van der Waals surface area contributed by atoms with E-state index in [0.29, 0.717) is 6.54 Å².